The molecule has 0 fully saturated rings. The summed E-state index contributed by atoms with van der Waals surface area (Å²) in [5.74, 6) is -0.513. The zero-order valence-corrected chi connectivity index (χ0v) is 18.9. The molecule has 0 aliphatic carbocycles. The summed E-state index contributed by atoms with van der Waals surface area (Å²) in [5.41, 5.74) is 3.17. The molecule has 0 radical (unpaired) electrons. The van der Waals surface area contributed by atoms with E-state index < -0.39 is 18.0 Å². The zero-order chi connectivity index (χ0) is 23.7. The average Bonchev–Trinajstić information content (AvgIpc) is 2.78. The van der Waals surface area contributed by atoms with Crippen LogP contribution in [0, 0.1) is 13.8 Å². The Labute approximate surface area is 187 Å². The van der Waals surface area contributed by atoms with Gasteiger partial charge in [0.05, 0.1) is 20.8 Å². The van der Waals surface area contributed by atoms with Gasteiger partial charge in [0, 0.05) is 17.3 Å². The number of rotatable bonds is 9. The smallest absolute Gasteiger partial charge is 0.331 e. The number of aryl methyl sites for hydroxylation is 2. The van der Waals surface area contributed by atoms with E-state index in [0.717, 1.165) is 11.1 Å². The van der Waals surface area contributed by atoms with Crippen molar-refractivity contribution in [2.75, 3.05) is 26.1 Å². The monoisotopic (exact) mass is 440 g/mol. The third-order valence-corrected chi connectivity index (χ3v) is 4.67. The van der Waals surface area contributed by atoms with E-state index in [9.17, 15) is 14.4 Å². The first-order valence-electron chi connectivity index (χ1n) is 9.99. The maximum atomic E-state index is 12.2. The lowest BCUT2D eigenvalue weighted by atomic mass is 10.1. The highest BCUT2D eigenvalue weighted by Crippen LogP contribution is 2.25. The normalized spacial score (nSPS) is 11.5. The number of carbonyl (C=O) groups excluding carboxylic acids is 3. The van der Waals surface area contributed by atoms with Crippen molar-refractivity contribution < 1.29 is 28.6 Å². The fourth-order valence-corrected chi connectivity index (χ4v) is 2.90. The summed E-state index contributed by atoms with van der Waals surface area (Å²) in [5, 5.41) is 5.24. The van der Waals surface area contributed by atoms with Crippen LogP contribution in [0.3, 0.4) is 0 Å². The highest BCUT2D eigenvalue weighted by molar-refractivity contribution is 5.97. The van der Waals surface area contributed by atoms with Gasteiger partial charge in [-0.3, -0.25) is 9.59 Å². The van der Waals surface area contributed by atoms with E-state index in [-0.39, 0.29) is 12.5 Å². The Bertz CT molecular complexity index is 995. The second-order valence-corrected chi connectivity index (χ2v) is 7.05. The number of anilines is 1. The van der Waals surface area contributed by atoms with Gasteiger partial charge in [0.25, 0.3) is 5.91 Å². The van der Waals surface area contributed by atoms with Gasteiger partial charge in [-0.05, 0) is 56.2 Å². The van der Waals surface area contributed by atoms with Gasteiger partial charge in [0.1, 0.15) is 11.5 Å². The third kappa shape index (κ3) is 6.87. The number of hydrogen-bond acceptors (Lipinski definition) is 6. The number of methoxy groups -OCH3 is 2. The molecular weight excluding hydrogens is 412 g/mol. The van der Waals surface area contributed by atoms with Crippen LogP contribution in [0.1, 0.15) is 23.6 Å². The Morgan fingerprint density at radius 1 is 1.03 bits per heavy atom. The molecular formula is C24H28N2O6. The molecule has 2 amide bonds. The quantitative estimate of drug-likeness (QED) is 0.459. The van der Waals surface area contributed by atoms with Crippen LogP contribution in [-0.4, -0.2) is 44.7 Å². The zero-order valence-electron chi connectivity index (χ0n) is 18.9. The highest BCUT2D eigenvalue weighted by atomic mass is 16.5. The second-order valence-electron chi connectivity index (χ2n) is 7.05. The fourth-order valence-electron chi connectivity index (χ4n) is 2.90. The van der Waals surface area contributed by atoms with E-state index in [1.54, 1.807) is 18.2 Å². The predicted octanol–water partition coefficient (Wildman–Crippen LogP) is 3.02. The number of ether oxygens (including phenoxy) is 3. The molecule has 0 saturated carbocycles. The Morgan fingerprint density at radius 3 is 2.34 bits per heavy atom. The minimum Gasteiger partial charge on any atom is -0.497 e. The molecule has 1 atom stereocenters. The summed E-state index contributed by atoms with van der Waals surface area (Å²) >= 11 is 0. The first-order valence-corrected chi connectivity index (χ1v) is 9.99. The summed E-state index contributed by atoms with van der Waals surface area (Å²) in [6, 6.07) is 10.8. The van der Waals surface area contributed by atoms with Gasteiger partial charge in [0.15, 0.2) is 6.10 Å². The Hall–Kier alpha value is -3.81. The van der Waals surface area contributed by atoms with Crippen LogP contribution < -0.4 is 20.1 Å². The lowest BCUT2D eigenvalue weighted by Gasteiger charge is -2.14. The Kier molecular flexibility index (Phi) is 8.83. The lowest BCUT2D eigenvalue weighted by molar-refractivity contribution is -0.150. The summed E-state index contributed by atoms with van der Waals surface area (Å²) in [6.07, 6.45) is 1.62. The van der Waals surface area contributed by atoms with Crippen molar-refractivity contribution in [3.05, 3.63) is 59.2 Å². The number of benzene rings is 2. The first-order chi connectivity index (χ1) is 15.2. The number of amides is 2. The van der Waals surface area contributed by atoms with Crippen molar-refractivity contribution in [1.82, 2.24) is 5.32 Å². The lowest BCUT2D eigenvalue weighted by Crippen LogP contribution is -2.40. The molecule has 0 aromatic heterocycles. The van der Waals surface area contributed by atoms with E-state index in [4.69, 9.17) is 14.2 Å². The largest absolute Gasteiger partial charge is 0.497 e. The Morgan fingerprint density at radius 2 is 1.72 bits per heavy atom. The number of nitrogens with one attached hydrogen (secondary N) is 2. The van der Waals surface area contributed by atoms with Crippen LogP contribution in [0.15, 0.2) is 42.5 Å². The topological polar surface area (TPSA) is 103 Å². The molecule has 170 valence electrons. The van der Waals surface area contributed by atoms with Gasteiger partial charge in [0.2, 0.25) is 5.91 Å². The van der Waals surface area contributed by atoms with Gasteiger partial charge < -0.3 is 24.8 Å². The van der Waals surface area contributed by atoms with Gasteiger partial charge >= 0.3 is 5.97 Å². The third-order valence-electron chi connectivity index (χ3n) is 4.67. The minimum atomic E-state index is -1.08. The molecule has 2 aromatic carbocycles. The maximum absolute atomic E-state index is 12.2. The van der Waals surface area contributed by atoms with Crippen molar-refractivity contribution >= 4 is 29.5 Å². The molecule has 32 heavy (non-hydrogen) atoms. The number of hydrogen-bond donors (Lipinski definition) is 2. The number of esters is 1. The van der Waals surface area contributed by atoms with Gasteiger partial charge in [-0.1, -0.05) is 18.2 Å². The molecule has 0 spiro atoms. The van der Waals surface area contributed by atoms with E-state index in [2.05, 4.69) is 10.6 Å². The molecule has 0 heterocycles. The second kappa shape index (κ2) is 11.5. The molecule has 1 unspecified atom stereocenters. The predicted molar refractivity (Wildman–Crippen MR) is 122 cm³/mol. The van der Waals surface area contributed by atoms with Crippen LogP contribution in [-0.2, 0) is 19.1 Å². The minimum absolute atomic E-state index is 0.245. The van der Waals surface area contributed by atoms with Crippen LogP contribution in [0.2, 0.25) is 0 Å². The van der Waals surface area contributed by atoms with Crippen molar-refractivity contribution in [3.8, 4) is 11.5 Å². The van der Waals surface area contributed by atoms with Crippen LogP contribution in [0.25, 0.3) is 6.08 Å². The Balaban J connectivity index is 1.87. The molecule has 0 aliphatic rings. The maximum Gasteiger partial charge on any atom is 0.331 e. The van der Waals surface area contributed by atoms with Crippen LogP contribution in [0.5, 0.6) is 11.5 Å². The van der Waals surface area contributed by atoms with Crippen LogP contribution in [0.4, 0.5) is 5.69 Å². The van der Waals surface area contributed by atoms with E-state index in [0.29, 0.717) is 22.7 Å². The molecule has 2 rings (SSSR count). The average molecular weight is 440 g/mol. The number of carbonyl (C=O) groups is 3. The van der Waals surface area contributed by atoms with E-state index in [1.165, 1.54) is 33.3 Å². The molecule has 2 N–H and O–H groups in total. The highest BCUT2D eigenvalue weighted by Gasteiger charge is 2.18. The van der Waals surface area contributed by atoms with Crippen molar-refractivity contribution in [1.29, 1.82) is 0 Å². The van der Waals surface area contributed by atoms with Crippen LogP contribution >= 0.6 is 0 Å². The van der Waals surface area contributed by atoms with Crippen molar-refractivity contribution in [3.63, 3.8) is 0 Å². The summed E-state index contributed by atoms with van der Waals surface area (Å²) < 4.78 is 15.5. The molecule has 2 aromatic rings. The van der Waals surface area contributed by atoms with Crippen molar-refractivity contribution in [2.45, 2.75) is 26.9 Å². The summed E-state index contributed by atoms with van der Waals surface area (Å²) in [4.78, 5) is 36.5. The van der Waals surface area contributed by atoms with Crippen molar-refractivity contribution in [2.24, 2.45) is 0 Å². The van der Waals surface area contributed by atoms with Gasteiger partial charge in [-0.2, -0.15) is 0 Å². The number of para-hydroxylation sites is 1. The summed E-state index contributed by atoms with van der Waals surface area (Å²) in [7, 11) is 3.05. The summed E-state index contributed by atoms with van der Waals surface area (Å²) in [6.45, 7) is 4.96. The SMILES string of the molecule is COc1ccc(OC)c(/C=C/C(=O)OC(C)C(=O)NCC(=O)Nc2c(C)cccc2C)c1. The molecule has 8 nitrogen and oxygen atoms in total. The van der Waals surface area contributed by atoms with Gasteiger partial charge in [-0.15, -0.1) is 0 Å². The first kappa shape index (κ1) is 24.5. The molecule has 0 bridgehead atoms. The van der Waals surface area contributed by atoms with E-state index in [1.807, 2.05) is 32.0 Å². The fraction of sp³-hybridized carbons (Fsp3) is 0.292. The molecule has 8 heteroatoms. The van der Waals surface area contributed by atoms with E-state index >= 15 is 0 Å². The van der Waals surface area contributed by atoms with Gasteiger partial charge in [-0.25, -0.2) is 4.79 Å². The molecule has 0 aliphatic heterocycles. The molecule has 0 saturated heterocycles. The standard InChI is InChI=1S/C24H28N2O6/c1-15-7-6-8-16(2)23(15)26-21(27)14-25-24(29)17(3)32-22(28)12-9-18-13-19(30-4)10-11-20(18)31-5/h6-13,17H,14H2,1-5H3,(H,25,29)(H,26,27)/b12-9+.